The van der Waals surface area contributed by atoms with Gasteiger partial charge in [0.25, 0.3) is 0 Å². The maximum absolute atomic E-state index is 12.5. The van der Waals surface area contributed by atoms with E-state index in [1.807, 2.05) is 24.3 Å². The topological polar surface area (TPSA) is 109 Å². The minimum Gasteiger partial charge on any atom is -0.477 e. The molecule has 1 unspecified atom stereocenters. The number of nitriles is 2. The predicted octanol–water partition coefficient (Wildman–Crippen LogP) is 3.39. The van der Waals surface area contributed by atoms with Crippen LogP contribution in [0, 0.1) is 22.7 Å². The molecule has 1 amide bonds. The summed E-state index contributed by atoms with van der Waals surface area (Å²) < 4.78 is 11.7. The Morgan fingerprint density at radius 2 is 1.93 bits per heavy atom. The Balaban J connectivity index is 1.44. The van der Waals surface area contributed by atoms with Gasteiger partial charge in [0.1, 0.15) is 11.6 Å². The molecule has 1 aromatic heterocycles. The van der Waals surface area contributed by atoms with Crippen LogP contribution < -0.4 is 14.5 Å². The number of rotatable bonds is 9. The number of aromatic nitrogens is 1. The molecule has 3 aliphatic rings. The van der Waals surface area contributed by atoms with E-state index in [2.05, 4.69) is 33.4 Å². The molecule has 0 N–H and O–H groups in total. The summed E-state index contributed by atoms with van der Waals surface area (Å²) in [7, 11) is 0. The summed E-state index contributed by atoms with van der Waals surface area (Å²) in [5.74, 6) is 0.155. The van der Waals surface area contributed by atoms with Crippen molar-refractivity contribution < 1.29 is 14.3 Å². The zero-order chi connectivity index (χ0) is 29.5. The van der Waals surface area contributed by atoms with Crippen molar-refractivity contribution in [1.82, 2.24) is 14.8 Å². The molecule has 0 saturated carbocycles. The van der Waals surface area contributed by atoms with Gasteiger partial charge in [0, 0.05) is 62.1 Å². The first-order chi connectivity index (χ1) is 20.5. The van der Waals surface area contributed by atoms with Crippen LogP contribution in [0.1, 0.15) is 29.7 Å². The van der Waals surface area contributed by atoms with Crippen LogP contribution in [0.3, 0.4) is 0 Å². The summed E-state index contributed by atoms with van der Waals surface area (Å²) in [5, 5.41) is 20.6. The third-order valence-electron chi connectivity index (χ3n) is 8.14. The smallest absolute Gasteiger partial charge is 0.246 e. The second-order valence-electron chi connectivity index (χ2n) is 10.7. The first-order valence-electron chi connectivity index (χ1n) is 14.5. The zero-order valence-corrected chi connectivity index (χ0v) is 24.6. The fourth-order valence-corrected chi connectivity index (χ4v) is 6.11. The molecule has 0 bridgehead atoms. The predicted molar refractivity (Wildman–Crippen MR) is 161 cm³/mol. The van der Waals surface area contributed by atoms with Gasteiger partial charge in [-0.25, -0.2) is 4.98 Å². The second kappa shape index (κ2) is 13.9. The van der Waals surface area contributed by atoms with E-state index < -0.39 is 0 Å². The molecule has 220 valence electrons. The normalized spacial score (nSPS) is 19.0. The maximum atomic E-state index is 12.5. The Morgan fingerprint density at radius 1 is 1.14 bits per heavy atom. The largest absolute Gasteiger partial charge is 0.477 e. The first kappa shape index (κ1) is 29.7. The summed E-state index contributed by atoms with van der Waals surface area (Å²) in [6.07, 6.45) is 2.99. The van der Waals surface area contributed by atoms with Crippen LogP contribution in [0.5, 0.6) is 5.88 Å². The van der Waals surface area contributed by atoms with Gasteiger partial charge in [0.2, 0.25) is 11.8 Å². The van der Waals surface area contributed by atoms with Gasteiger partial charge in [-0.1, -0.05) is 18.2 Å². The van der Waals surface area contributed by atoms with Gasteiger partial charge in [-0.3, -0.25) is 9.69 Å². The average molecular weight is 590 g/mol. The van der Waals surface area contributed by atoms with Gasteiger partial charge in [0.15, 0.2) is 0 Å². The molecule has 1 atom stereocenters. The van der Waals surface area contributed by atoms with Crippen LogP contribution in [0.15, 0.2) is 36.9 Å². The Bertz CT molecular complexity index is 1360. The molecule has 1 aromatic carbocycles. The number of ether oxygens (including phenoxy) is 2. The number of nitrogens with zero attached hydrogens (tertiary/aromatic N) is 7. The monoisotopic (exact) mass is 589 g/mol. The molecule has 2 aromatic rings. The van der Waals surface area contributed by atoms with Crippen molar-refractivity contribution in [2.75, 3.05) is 75.4 Å². The molecule has 0 aliphatic carbocycles. The SMILES string of the molecule is C=CC(=O)N1CCN(c2c(C#N)c(OCCCN3CCOCC3)nc3c2CCN(c2ccc(Cl)cc2)C3)CC1CC#N. The molecule has 10 nitrogen and oxygen atoms in total. The van der Waals surface area contributed by atoms with Crippen LogP contribution in [0.2, 0.25) is 5.02 Å². The Labute approximate surface area is 252 Å². The minimum atomic E-state index is -0.309. The minimum absolute atomic E-state index is 0.185. The summed E-state index contributed by atoms with van der Waals surface area (Å²) >= 11 is 6.13. The highest BCUT2D eigenvalue weighted by molar-refractivity contribution is 6.30. The number of fused-ring (bicyclic) bond motifs is 1. The van der Waals surface area contributed by atoms with E-state index in [9.17, 15) is 15.3 Å². The molecular weight excluding hydrogens is 554 g/mol. The first-order valence-corrected chi connectivity index (χ1v) is 14.8. The van der Waals surface area contributed by atoms with E-state index in [1.54, 1.807) is 4.90 Å². The maximum Gasteiger partial charge on any atom is 0.246 e. The van der Waals surface area contributed by atoms with Crippen molar-refractivity contribution >= 4 is 28.9 Å². The third-order valence-corrected chi connectivity index (χ3v) is 8.39. The lowest BCUT2D eigenvalue weighted by atomic mass is 9.97. The number of carbonyl (C=O) groups is 1. The quantitative estimate of drug-likeness (QED) is 0.321. The van der Waals surface area contributed by atoms with Crippen molar-refractivity contribution in [2.24, 2.45) is 0 Å². The van der Waals surface area contributed by atoms with E-state index in [0.29, 0.717) is 55.7 Å². The van der Waals surface area contributed by atoms with Gasteiger partial charge in [-0.2, -0.15) is 10.5 Å². The second-order valence-corrected chi connectivity index (χ2v) is 11.1. The molecule has 3 aliphatic heterocycles. The van der Waals surface area contributed by atoms with Crippen molar-refractivity contribution in [1.29, 1.82) is 10.5 Å². The van der Waals surface area contributed by atoms with Gasteiger partial charge in [0.05, 0.1) is 56.3 Å². The van der Waals surface area contributed by atoms with Gasteiger partial charge < -0.3 is 24.2 Å². The van der Waals surface area contributed by atoms with E-state index in [0.717, 1.165) is 68.4 Å². The van der Waals surface area contributed by atoms with Crippen molar-refractivity contribution in [3.8, 4) is 18.0 Å². The average Bonchev–Trinajstić information content (AvgIpc) is 3.02. The lowest BCUT2D eigenvalue weighted by Crippen LogP contribution is -2.55. The molecule has 0 spiro atoms. The summed E-state index contributed by atoms with van der Waals surface area (Å²) in [5.41, 5.74) is 4.18. The van der Waals surface area contributed by atoms with E-state index in [1.165, 1.54) is 6.08 Å². The number of hydrogen-bond donors (Lipinski definition) is 0. The fraction of sp³-hybridized carbons (Fsp3) is 0.484. The number of halogens is 1. The highest BCUT2D eigenvalue weighted by Crippen LogP contribution is 2.38. The molecule has 11 heteroatoms. The van der Waals surface area contributed by atoms with Crippen LogP contribution in [-0.4, -0.2) is 92.4 Å². The van der Waals surface area contributed by atoms with Crippen molar-refractivity contribution in [2.45, 2.75) is 31.8 Å². The Kier molecular flexibility index (Phi) is 9.81. The van der Waals surface area contributed by atoms with E-state index in [-0.39, 0.29) is 18.4 Å². The van der Waals surface area contributed by atoms with Crippen LogP contribution in [-0.2, 0) is 22.5 Å². The molecule has 2 saturated heterocycles. The highest BCUT2D eigenvalue weighted by atomic mass is 35.5. The molecule has 4 heterocycles. The number of morpholine rings is 1. The zero-order valence-electron chi connectivity index (χ0n) is 23.8. The summed E-state index contributed by atoms with van der Waals surface area (Å²) in [6.45, 7) is 11.0. The Morgan fingerprint density at radius 3 is 2.64 bits per heavy atom. The highest BCUT2D eigenvalue weighted by Gasteiger charge is 2.34. The van der Waals surface area contributed by atoms with Crippen LogP contribution in [0.25, 0.3) is 0 Å². The number of carbonyl (C=O) groups excluding carboxylic acids is 1. The number of benzene rings is 1. The Hall–Kier alpha value is -3.83. The molecule has 5 rings (SSSR count). The number of piperazine rings is 1. The standard InChI is InChI=1S/C31H36ClN7O3/c1-2-29(40)39-14-13-38(21-25(39)8-10-33)30-26-9-12-37(24-6-4-23(32)5-7-24)22-28(26)35-31(27(30)20-34)42-17-3-11-36-15-18-41-19-16-36/h2,4-7,25H,1,3,8-9,11-19,21-22H2. The molecule has 42 heavy (non-hydrogen) atoms. The lowest BCUT2D eigenvalue weighted by Gasteiger charge is -2.43. The number of anilines is 2. The number of amides is 1. The van der Waals surface area contributed by atoms with Gasteiger partial charge in [-0.15, -0.1) is 0 Å². The van der Waals surface area contributed by atoms with E-state index >= 15 is 0 Å². The van der Waals surface area contributed by atoms with Gasteiger partial charge in [-0.05, 0) is 43.2 Å². The van der Waals surface area contributed by atoms with Gasteiger partial charge >= 0.3 is 0 Å². The molecule has 0 radical (unpaired) electrons. The van der Waals surface area contributed by atoms with Crippen molar-refractivity contribution in [3.63, 3.8) is 0 Å². The van der Waals surface area contributed by atoms with Crippen molar-refractivity contribution in [3.05, 3.63) is 58.8 Å². The number of hydrogen-bond acceptors (Lipinski definition) is 9. The fourth-order valence-electron chi connectivity index (χ4n) is 5.99. The summed E-state index contributed by atoms with van der Waals surface area (Å²) in [6, 6.07) is 12.1. The third kappa shape index (κ3) is 6.63. The van der Waals surface area contributed by atoms with E-state index in [4.69, 9.17) is 26.1 Å². The number of pyridine rings is 1. The van der Waals surface area contributed by atoms with Crippen LogP contribution in [0.4, 0.5) is 11.4 Å². The molecular formula is C31H36ClN7O3. The summed E-state index contributed by atoms with van der Waals surface area (Å²) in [4.78, 5) is 25.9. The lowest BCUT2D eigenvalue weighted by molar-refractivity contribution is -0.128. The molecule has 2 fully saturated rings. The van der Waals surface area contributed by atoms with Crippen LogP contribution >= 0.6 is 11.6 Å².